The zero-order valence-electron chi connectivity index (χ0n) is 8.78. The maximum Gasteiger partial charge on any atom is 0.0469 e. The van der Waals surface area contributed by atoms with Gasteiger partial charge in [0, 0.05) is 24.5 Å². The average Bonchev–Trinajstić information content (AvgIpc) is 2.30. The van der Waals surface area contributed by atoms with Crippen molar-refractivity contribution in [2.45, 2.75) is 43.4 Å². The summed E-state index contributed by atoms with van der Waals surface area (Å²) in [6, 6.07) is 0.421. The quantitative estimate of drug-likeness (QED) is 0.765. The molecule has 0 bridgehead atoms. The van der Waals surface area contributed by atoms with Crippen molar-refractivity contribution in [2.75, 3.05) is 19.0 Å². The highest BCUT2D eigenvalue weighted by molar-refractivity contribution is 8.00. The van der Waals surface area contributed by atoms with E-state index < -0.39 is 0 Å². The Hall–Kier alpha value is 0.270. The Labute approximate surface area is 91.0 Å². The maximum absolute atomic E-state index is 6.35. The van der Waals surface area contributed by atoms with Crippen molar-refractivity contribution >= 4 is 11.8 Å². The van der Waals surface area contributed by atoms with Crippen LogP contribution in [0.1, 0.15) is 32.1 Å². The van der Waals surface area contributed by atoms with E-state index in [0.29, 0.717) is 6.04 Å². The second kappa shape index (κ2) is 5.38. The molecule has 0 aliphatic carbocycles. The van der Waals surface area contributed by atoms with Gasteiger partial charge in [-0.1, -0.05) is 6.42 Å². The van der Waals surface area contributed by atoms with E-state index in [4.69, 9.17) is 10.5 Å². The monoisotopic (exact) mass is 215 g/mol. The summed E-state index contributed by atoms with van der Waals surface area (Å²) in [4.78, 5) is 0. The Kier molecular flexibility index (Phi) is 4.14. The molecule has 0 saturated carbocycles. The van der Waals surface area contributed by atoms with Crippen LogP contribution in [0.2, 0.25) is 0 Å². The van der Waals surface area contributed by atoms with Crippen molar-refractivity contribution in [3.05, 3.63) is 0 Å². The zero-order valence-corrected chi connectivity index (χ0v) is 9.60. The lowest BCUT2D eigenvalue weighted by atomic mass is 9.88. The summed E-state index contributed by atoms with van der Waals surface area (Å²) in [5.74, 6) is 2.04. The highest BCUT2D eigenvalue weighted by atomic mass is 32.2. The lowest BCUT2D eigenvalue weighted by molar-refractivity contribution is 0.0578. The molecule has 14 heavy (non-hydrogen) atoms. The van der Waals surface area contributed by atoms with E-state index in [-0.39, 0.29) is 0 Å². The Morgan fingerprint density at radius 1 is 1.14 bits per heavy atom. The van der Waals surface area contributed by atoms with Crippen LogP contribution in [0.3, 0.4) is 0 Å². The standard InChI is InChI=1S/C11H21NOS/c12-11(9-4-6-13-7-5-9)10-3-1-2-8-14-10/h9-11H,1-8,12H2. The van der Waals surface area contributed by atoms with Crippen molar-refractivity contribution < 1.29 is 4.74 Å². The minimum absolute atomic E-state index is 0.421. The van der Waals surface area contributed by atoms with Crippen LogP contribution in [-0.2, 0) is 4.74 Å². The van der Waals surface area contributed by atoms with Crippen molar-refractivity contribution in [1.29, 1.82) is 0 Å². The van der Waals surface area contributed by atoms with Gasteiger partial charge in [0.2, 0.25) is 0 Å². The predicted molar refractivity (Wildman–Crippen MR) is 61.6 cm³/mol. The smallest absolute Gasteiger partial charge is 0.0469 e. The Bertz CT molecular complexity index is 147. The van der Waals surface area contributed by atoms with Crippen LogP contribution in [0.25, 0.3) is 0 Å². The third-order valence-electron chi connectivity index (χ3n) is 3.45. The van der Waals surface area contributed by atoms with Crippen LogP contribution in [-0.4, -0.2) is 30.3 Å². The fourth-order valence-electron chi connectivity index (χ4n) is 2.47. The normalized spacial score (nSPS) is 32.8. The molecule has 0 radical (unpaired) electrons. The molecule has 3 heteroatoms. The summed E-state index contributed by atoms with van der Waals surface area (Å²) in [5, 5.41) is 0.729. The molecule has 2 aliphatic rings. The summed E-state index contributed by atoms with van der Waals surface area (Å²) in [6.45, 7) is 1.85. The summed E-state index contributed by atoms with van der Waals surface area (Å²) in [6.07, 6.45) is 6.47. The topological polar surface area (TPSA) is 35.2 Å². The van der Waals surface area contributed by atoms with E-state index in [1.807, 2.05) is 0 Å². The first-order chi connectivity index (χ1) is 6.88. The van der Waals surface area contributed by atoms with Crippen molar-refractivity contribution in [3.63, 3.8) is 0 Å². The Morgan fingerprint density at radius 2 is 1.93 bits per heavy atom. The number of nitrogens with two attached hydrogens (primary N) is 1. The van der Waals surface area contributed by atoms with Gasteiger partial charge >= 0.3 is 0 Å². The maximum atomic E-state index is 6.35. The summed E-state index contributed by atoms with van der Waals surface area (Å²) >= 11 is 2.10. The third kappa shape index (κ3) is 2.65. The van der Waals surface area contributed by atoms with E-state index in [1.165, 1.54) is 37.9 Å². The van der Waals surface area contributed by atoms with Gasteiger partial charge in [0.1, 0.15) is 0 Å². The molecule has 2 atom stereocenters. The molecule has 0 spiro atoms. The molecular weight excluding hydrogens is 194 g/mol. The van der Waals surface area contributed by atoms with Gasteiger partial charge in [-0.25, -0.2) is 0 Å². The molecule has 0 aromatic carbocycles. The molecule has 2 rings (SSSR count). The highest BCUT2D eigenvalue weighted by Gasteiger charge is 2.29. The molecule has 2 unspecified atom stereocenters. The number of ether oxygens (including phenoxy) is 1. The summed E-state index contributed by atoms with van der Waals surface area (Å²) in [7, 11) is 0. The van der Waals surface area contributed by atoms with E-state index in [1.54, 1.807) is 0 Å². The van der Waals surface area contributed by atoms with Gasteiger partial charge in [-0.05, 0) is 37.4 Å². The summed E-state index contributed by atoms with van der Waals surface area (Å²) < 4.78 is 5.37. The lowest BCUT2D eigenvalue weighted by Crippen LogP contribution is -2.43. The van der Waals surface area contributed by atoms with Crippen LogP contribution in [0.5, 0.6) is 0 Å². The fraction of sp³-hybridized carbons (Fsp3) is 1.00. The van der Waals surface area contributed by atoms with Crippen molar-refractivity contribution in [1.82, 2.24) is 0 Å². The van der Waals surface area contributed by atoms with Gasteiger partial charge in [0.25, 0.3) is 0 Å². The number of thioether (sulfide) groups is 1. The molecule has 2 N–H and O–H groups in total. The molecule has 0 aromatic heterocycles. The lowest BCUT2D eigenvalue weighted by Gasteiger charge is -2.34. The second-order valence-corrected chi connectivity index (χ2v) is 5.78. The van der Waals surface area contributed by atoms with Gasteiger partial charge in [-0.15, -0.1) is 0 Å². The third-order valence-corrected chi connectivity index (χ3v) is 4.96. The van der Waals surface area contributed by atoms with E-state index in [0.717, 1.165) is 24.4 Å². The first-order valence-corrected chi connectivity index (χ1v) is 6.88. The average molecular weight is 215 g/mol. The number of hydrogen-bond donors (Lipinski definition) is 1. The van der Waals surface area contributed by atoms with Gasteiger partial charge in [-0.3, -0.25) is 0 Å². The van der Waals surface area contributed by atoms with Crippen LogP contribution >= 0.6 is 11.8 Å². The molecule has 0 amide bonds. The Morgan fingerprint density at radius 3 is 2.57 bits per heavy atom. The molecule has 0 aromatic rings. The van der Waals surface area contributed by atoms with Crippen molar-refractivity contribution in [3.8, 4) is 0 Å². The number of hydrogen-bond acceptors (Lipinski definition) is 3. The van der Waals surface area contributed by atoms with Gasteiger partial charge in [-0.2, -0.15) is 11.8 Å². The zero-order chi connectivity index (χ0) is 9.80. The van der Waals surface area contributed by atoms with Gasteiger partial charge in [0.05, 0.1) is 0 Å². The van der Waals surface area contributed by atoms with E-state index in [9.17, 15) is 0 Å². The largest absolute Gasteiger partial charge is 0.381 e. The number of rotatable bonds is 2. The van der Waals surface area contributed by atoms with Crippen LogP contribution < -0.4 is 5.73 Å². The Balaban J connectivity index is 1.82. The van der Waals surface area contributed by atoms with Crippen LogP contribution in [0.4, 0.5) is 0 Å². The minimum Gasteiger partial charge on any atom is -0.381 e. The molecule has 2 saturated heterocycles. The molecule has 2 fully saturated rings. The molecular formula is C11H21NOS. The van der Waals surface area contributed by atoms with E-state index >= 15 is 0 Å². The predicted octanol–water partition coefficient (Wildman–Crippen LogP) is 2.03. The first-order valence-electron chi connectivity index (χ1n) is 5.83. The van der Waals surface area contributed by atoms with Crippen LogP contribution in [0.15, 0.2) is 0 Å². The first kappa shape index (κ1) is 10.8. The molecule has 2 heterocycles. The van der Waals surface area contributed by atoms with Gasteiger partial charge in [0.15, 0.2) is 0 Å². The van der Waals surface area contributed by atoms with Crippen LogP contribution in [0, 0.1) is 5.92 Å². The SMILES string of the molecule is NC(C1CCOCC1)C1CCCCS1. The van der Waals surface area contributed by atoms with Gasteiger partial charge < -0.3 is 10.5 Å². The van der Waals surface area contributed by atoms with E-state index in [2.05, 4.69) is 11.8 Å². The molecule has 2 nitrogen and oxygen atoms in total. The molecule has 2 aliphatic heterocycles. The highest BCUT2D eigenvalue weighted by Crippen LogP contribution is 2.32. The minimum atomic E-state index is 0.421. The molecule has 82 valence electrons. The summed E-state index contributed by atoms with van der Waals surface area (Å²) in [5.41, 5.74) is 6.35. The second-order valence-electron chi connectivity index (χ2n) is 4.43. The van der Waals surface area contributed by atoms with Crippen molar-refractivity contribution in [2.24, 2.45) is 11.7 Å². The fourth-order valence-corrected chi connectivity index (χ4v) is 3.92.